The van der Waals surface area contributed by atoms with Gasteiger partial charge in [-0.25, -0.2) is 9.59 Å². The van der Waals surface area contributed by atoms with Gasteiger partial charge in [0.1, 0.15) is 0 Å². The lowest BCUT2D eigenvalue weighted by atomic mass is 9.37. The molecule has 0 saturated heterocycles. The van der Waals surface area contributed by atoms with Gasteiger partial charge in [-0.15, -0.1) is 0 Å². The van der Waals surface area contributed by atoms with Crippen molar-refractivity contribution in [2.24, 2.45) is 39.9 Å². The van der Waals surface area contributed by atoms with E-state index in [2.05, 4.69) is 6.58 Å². The highest BCUT2D eigenvalue weighted by molar-refractivity contribution is 6.02. The molecule has 40 heavy (non-hydrogen) atoms. The summed E-state index contributed by atoms with van der Waals surface area (Å²) in [5, 5.41) is 11.8. The zero-order valence-corrected chi connectivity index (χ0v) is 22.7. The fourth-order valence-corrected chi connectivity index (χ4v) is 9.56. The molecule has 2 aromatic rings. The van der Waals surface area contributed by atoms with Gasteiger partial charge in [0.15, 0.2) is 5.78 Å². The van der Waals surface area contributed by atoms with Crippen LogP contribution in [0, 0.1) is 39.9 Å². The highest BCUT2D eigenvalue weighted by Crippen LogP contribution is 2.77. The SMILES string of the molecule is C=C1C(=O)C23CCC1CC2C1(COC(=O)c2ccccc2)CCC2CC2(COC(=O)c2ccccc2)C1CC3O. The molecule has 2 aromatic carbocycles. The molecule has 0 aromatic heterocycles. The summed E-state index contributed by atoms with van der Waals surface area (Å²) >= 11 is 0. The summed E-state index contributed by atoms with van der Waals surface area (Å²) in [5.74, 6) is -0.310. The molecule has 0 heterocycles. The Morgan fingerprint density at radius 1 is 0.825 bits per heavy atom. The lowest BCUT2D eigenvalue weighted by molar-refractivity contribution is -0.222. The molecule has 0 radical (unpaired) electrons. The number of carbonyl (C=O) groups is 3. The predicted octanol–water partition coefficient (Wildman–Crippen LogP) is 5.41. The number of Topliss-reactive ketones (excluding diaryl/α,β-unsaturated/α-hetero) is 1. The number of rotatable bonds is 6. The molecule has 8 atom stereocenters. The van der Waals surface area contributed by atoms with Crippen LogP contribution in [0.25, 0.3) is 0 Å². The van der Waals surface area contributed by atoms with Gasteiger partial charge >= 0.3 is 11.9 Å². The van der Waals surface area contributed by atoms with Crippen LogP contribution in [0.4, 0.5) is 0 Å². The molecule has 8 unspecified atom stereocenters. The van der Waals surface area contributed by atoms with Gasteiger partial charge in [0.05, 0.1) is 35.9 Å². The van der Waals surface area contributed by atoms with E-state index in [1.54, 1.807) is 24.3 Å². The van der Waals surface area contributed by atoms with E-state index in [-0.39, 0.29) is 54.1 Å². The van der Waals surface area contributed by atoms with E-state index in [4.69, 9.17) is 9.47 Å². The van der Waals surface area contributed by atoms with Crippen LogP contribution in [-0.4, -0.2) is 42.1 Å². The molecule has 1 N–H and O–H groups in total. The number of ether oxygens (including phenoxy) is 2. The van der Waals surface area contributed by atoms with Gasteiger partial charge in [-0.3, -0.25) is 4.79 Å². The second kappa shape index (κ2) is 9.13. The average molecular weight is 541 g/mol. The van der Waals surface area contributed by atoms with E-state index in [9.17, 15) is 19.5 Å². The van der Waals surface area contributed by atoms with Gasteiger partial charge in [0.25, 0.3) is 0 Å². The summed E-state index contributed by atoms with van der Waals surface area (Å²) in [4.78, 5) is 40.0. The minimum Gasteiger partial charge on any atom is -0.461 e. The number of allylic oxidation sites excluding steroid dienone is 1. The summed E-state index contributed by atoms with van der Waals surface area (Å²) in [6, 6.07) is 18.0. The Morgan fingerprint density at radius 2 is 1.43 bits per heavy atom. The van der Waals surface area contributed by atoms with Crippen molar-refractivity contribution in [1.29, 1.82) is 0 Å². The number of aliphatic hydroxyl groups is 1. The average Bonchev–Trinajstić information content (AvgIpc) is 3.73. The van der Waals surface area contributed by atoms with Gasteiger partial charge in [0, 0.05) is 10.8 Å². The molecule has 6 nitrogen and oxygen atoms in total. The minimum absolute atomic E-state index is 0.0159. The fourth-order valence-electron chi connectivity index (χ4n) is 9.56. The van der Waals surface area contributed by atoms with E-state index in [0.717, 1.165) is 32.1 Å². The first kappa shape index (κ1) is 25.7. The molecule has 0 aliphatic heterocycles. The third-order valence-electron chi connectivity index (χ3n) is 11.6. The van der Waals surface area contributed by atoms with Crippen LogP contribution in [0.3, 0.4) is 0 Å². The Kier molecular flexibility index (Phi) is 5.87. The highest BCUT2D eigenvalue weighted by Gasteiger charge is 2.76. The van der Waals surface area contributed by atoms with Crippen LogP contribution in [0.15, 0.2) is 72.8 Å². The van der Waals surface area contributed by atoms with Crippen molar-refractivity contribution in [1.82, 2.24) is 0 Å². The second-order valence-electron chi connectivity index (χ2n) is 13.0. The van der Waals surface area contributed by atoms with Gasteiger partial charge in [-0.2, -0.15) is 0 Å². The van der Waals surface area contributed by atoms with E-state index in [0.29, 0.717) is 35.5 Å². The molecule has 6 aliphatic rings. The zero-order valence-electron chi connectivity index (χ0n) is 22.7. The fraction of sp³-hybridized carbons (Fsp3) is 0.500. The second-order valence-corrected chi connectivity index (χ2v) is 13.0. The topological polar surface area (TPSA) is 89.9 Å². The first-order chi connectivity index (χ1) is 19.3. The number of hydrogen-bond acceptors (Lipinski definition) is 6. The van der Waals surface area contributed by atoms with Crippen LogP contribution in [0.1, 0.15) is 65.7 Å². The Labute approximate surface area is 234 Å². The van der Waals surface area contributed by atoms with Gasteiger partial charge < -0.3 is 14.6 Å². The number of ketones is 1. The van der Waals surface area contributed by atoms with E-state index in [1.807, 2.05) is 36.4 Å². The molecule has 208 valence electrons. The predicted molar refractivity (Wildman–Crippen MR) is 147 cm³/mol. The molecule has 6 saturated carbocycles. The van der Waals surface area contributed by atoms with E-state index >= 15 is 0 Å². The van der Waals surface area contributed by atoms with Crippen molar-refractivity contribution in [3.63, 3.8) is 0 Å². The molecule has 8 rings (SSSR count). The Morgan fingerprint density at radius 3 is 2.05 bits per heavy atom. The van der Waals surface area contributed by atoms with Gasteiger partial charge in [-0.1, -0.05) is 43.0 Å². The summed E-state index contributed by atoms with van der Waals surface area (Å²) < 4.78 is 12.1. The van der Waals surface area contributed by atoms with Crippen molar-refractivity contribution < 1.29 is 29.0 Å². The smallest absolute Gasteiger partial charge is 0.338 e. The highest BCUT2D eigenvalue weighted by atomic mass is 16.5. The lowest BCUT2D eigenvalue weighted by Gasteiger charge is -2.67. The zero-order chi connectivity index (χ0) is 27.7. The Balaban J connectivity index is 1.24. The number of aliphatic hydroxyl groups excluding tert-OH is 1. The summed E-state index contributed by atoms with van der Waals surface area (Å²) in [5.41, 5.74) is 0.0635. The van der Waals surface area contributed by atoms with Crippen LogP contribution in [0.2, 0.25) is 0 Å². The molecule has 2 bridgehead atoms. The molecule has 6 aliphatic carbocycles. The van der Waals surface area contributed by atoms with Crippen LogP contribution in [0.5, 0.6) is 0 Å². The number of carbonyl (C=O) groups excluding carboxylic acids is 3. The third-order valence-corrected chi connectivity index (χ3v) is 11.6. The van der Waals surface area contributed by atoms with Gasteiger partial charge in [0.2, 0.25) is 0 Å². The number of fused-ring (bicyclic) bond motifs is 5. The van der Waals surface area contributed by atoms with E-state index in [1.165, 1.54) is 0 Å². The van der Waals surface area contributed by atoms with Crippen molar-refractivity contribution in [2.45, 2.75) is 51.0 Å². The Hall–Kier alpha value is -3.25. The summed E-state index contributed by atoms with van der Waals surface area (Å²) in [6.45, 7) is 4.63. The monoisotopic (exact) mass is 540 g/mol. The van der Waals surface area contributed by atoms with Crippen LogP contribution < -0.4 is 0 Å². The quantitative estimate of drug-likeness (QED) is 0.389. The Bertz CT molecular complexity index is 1370. The number of benzene rings is 2. The van der Waals surface area contributed by atoms with E-state index < -0.39 is 16.9 Å². The maximum Gasteiger partial charge on any atom is 0.338 e. The number of esters is 2. The standard InChI is InChI=1S/C34H36O6/c1-21-24-12-15-34(29(21)36)27(16-24)32(19-39-30(37)22-8-4-2-5-9-22)14-13-25-18-33(25,26(32)17-28(34)35)20-40-31(38)23-10-6-3-7-11-23/h2-11,24-28,35H,1,12-20H2. The number of hydrogen-bond donors (Lipinski definition) is 1. The molecule has 6 fully saturated rings. The van der Waals surface area contributed by atoms with Crippen LogP contribution >= 0.6 is 0 Å². The largest absolute Gasteiger partial charge is 0.461 e. The van der Waals surface area contributed by atoms with Crippen molar-refractivity contribution in [3.05, 3.63) is 83.9 Å². The molecular weight excluding hydrogens is 504 g/mol. The third kappa shape index (κ3) is 3.54. The normalized spacial score (nSPS) is 39.0. The van der Waals surface area contributed by atoms with Crippen molar-refractivity contribution in [2.75, 3.05) is 13.2 Å². The lowest BCUT2D eigenvalue weighted by Crippen LogP contribution is -2.69. The maximum absolute atomic E-state index is 13.8. The maximum atomic E-state index is 13.8. The van der Waals surface area contributed by atoms with Crippen molar-refractivity contribution in [3.8, 4) is 0 Å². The summed E-state index contributed by atoms with van der Waals surface area (Å²) in [7, 11) is 0. The van der Waals surface area contributed by atoms with Gasteiger partial charge in [-0.05, 0) is 98.5 Å². The molecule has 6 heteroatoms. The van der Waals surface area contributed by atoms with Crippen LogP contribution in [-0.2, 0) is 14.3 Å². The summed E-state index contributed by atoms with van der Waals surface area (Å²) in [6.07, 6.45) is 4.66. The molecule has 1 spiro atoms. The first-order valence-corrected chi connectivity index (χ1v) is 14.7. The molecule has 0 amide bonds. The minimum atomic E-state index is -0.870. The van der Waals surface area contributed by atoms with Crippen molar-refractivity contribution >= 4 is 17.7 Å². The first-order valence-electron chi connectivity index (χ1n) is 14.7. The molecular formula is C34H36O6.